The van der Waals surface area contributed by atoms with E-state index < -0.39 is 5.97 Å². The summed E-state index contributed by atoms with van der Waals surface area (Å²) in [6.45, 7) is 2.52. The molecular weight excluding hydrogens is 360 g/mol. The van der Waals surface area contributed by atoms with Gasteiger partial charge in [0.2, 0.25) is 0 Å². The summed E-state index contributed by atoms with van der Waals surface area (Å²) in [4.78, 5) is 10.6. The lowest BCUT2D eigenvalue weighted by Gasteiger charge is -2.10. The molecule has 0 radical (unpaired) electrons. The largest absolute Gasteiger partial charge is 0.489 e. The first kappa shape index (κ1) is 19.0. The second kappa shape index (κ2) is 8.74. The van der Waals surface area contributed by atoms with Crippen LogP contribution < -0.4 is 4.74 Å². The lowest BCUT2D eigenvalue weighted by atomic mass is 9.99. The van der Waals surface area contributed by atoms with Crippen molar-refractivity contribution in [2.75, 3.05) is 0 Å². The smallest absolute Gasteiger partial charge is 0.303 e. The third-order valence-electron chi connectivity index (χ3n) is 4.38. The van der Waals surface area contributed by atoms with Crippen molar-refractivity contribution in [2.45, 2.75) is 26.4 Å². The van der Waals surface area contributed by atoms with Crippen molar-refractivity contribution >= 4 is 17.6 Å². The fraction of sp³-hybridized carbons (Fsp3) is 0.174. The molecule has 3 nitrogen and oxygen atoms in total. The van der Waals surface area contributed by atoms with E-state index in [4.69, 9.17) is 21.4 Å². The molecule has 138 valence electrons. The predicted molar refractivity (Wildman–Crippen MR) is 108 cm³/mol. The van der Waals surface area contributed by atoms with Crippen LogP contribution in [-0.4, -0.2) is 11.1 Å². The van der Waals surface area contributed by atoms with Crippen LogP contribution in [0.3, 0.4) is 0 Å². The molecule has 0 unspecified atom stereocenters. The Morgan fingerprint density at radius 3 is 2.48 bits per heavy atom. The van der Waals surface area contributed by atoms with Crippen molar-refractivity contribution in [3.63, 3.8) is 0 Å². The molecule has 3 rings (SSSR count). The van der Waals surface area contributed by atoms with E-state index in [1.807, 2.05) is 54.6 Å². The van der Waals surface area contributed by atoms with Crippen LogP contribution in [0.4, 0.5) is 0 Å². The van der Waals surface area contributed by atoms with Crippen molar-refractivity contribution in [1.29, 1.82) is 0 Å². The third-order valence-corrected chi connectivity index (χ3v) is 4.62. The molecular formula is C23H21ClO3. The normalized spacial score (nSPS) is 10.6. The summed E-state index contributed by atoms with van der Waals surface area (Å²) in [5.74, 6) is -0.0201. The van der Waals surface area contributed by atoms with Crippen molar-refractivity contribution in [2.24, 2.45) is 0 Å². The topological polar surface area (TPSA) is 46.5 Å². The average Bonchev–Trinajstić information content (AvgIpc) is 2.66. The van der Waals surface area contributed by atoms with Gasteiger partial charge in [-0.15, -0.1) is 0 Å². The molecule has 0 heterocycles. The number of carbonyl (C=O) groups is 1. The van der Waals surface area contributed by atoms with Crippen LogP contribution in [-0.2, 0) is 17.8 Å². The molecule has 0 aliphatic rings. The molecule has 0 amide bonds. The number of carboxylic acids is 1. The Hall–Kier alpha value is -2.78. The first-order valence-corrected chi connectivity index (χ1v) is 9.18. The van der Waals surface area contributed by atoms with Gasteiger partial charge in [0.25, 0.3) is 0 Å². The van der Waals surface area contributed by atoms with Gasteiger partial charge < -0.3 is 9.84 Å². The molecule has 0 fully saturated rings. The average molecular weight is 381 g/mol. The summed E-state index contributed by atoms with van der Waals surface area (Å²) >= 11 is 6.05. The minimum absolute atomic E-state index is 0.136. The van der Waals surface area contributed by atoms with Crippen LogP contribution in [0.1, 0.15) is 23.1 Å². The number of carboxylic acid groups (broad SMARTS) is 1. The molecule has 0 aromatic heterocycles. The molecule has 0 atom stereocenters. The number of aliphatic carboxylic acids is 1. The van der Waals surface area contributed by atoms with E-state index in [9.17, 15) is 4.79 Å². The van der Waals surface area contributed by atoms with E-state index in [-0.39, 0.29) is 6.42 Å². The Bertz CT molecular complexity index is 933. The molecule has 0 aliphatic carbocycles. The monoisotopic (exact) mass is 380 g/mol. The number of hydrogen-bond donors (Lipinski definition) is 1. The van der Waals surface area contributed by atoms with Crippen molar-refractivity contribution in [3.8, 4) is 16.9 Å². The van der Waals surface area contributed by atoms with Gasteiger partial charge in [-0.2, -0.15) is 0 Å². The fourth-order valence-electron chi connectivity index (χ4n) is 2.95. The second-order valence-corrected chi connectivity index (χ2v) is 6.92. The molecule has 4 heteroatoms. The van der Waals surface area contributed by atoms with Gasteiger partial charge in [-0.3, -0.25) is 4.79 Å². The minimum Gasteiger partial charge on any atom is -0.489 e. The lowest BCUT2D eigenvalue weighted by molar-refractivity contribution is -0.136. The Kier molecular flexibility index (Phi) is 6.15. The maximum atomic E-state index is 10.6. The first-order valence-electron chi connectivity index (χ1n) is 8.80. The predicted octanol–water partition coefficient (Wildman–Crippen LogP) is 5.91. The first-order chi connectivity index (χ1) is 13.0. The molecule has 1 N–H and O–H groups in total. The lowest BCUT2D eigenvalue weighted by Crippen LogP contribution is -1.98. The zero-order valence-electron chi connectivity index (χ0n) is 15.1. The Morgan fingerprint density at radius 1 is 1.00 bits per heavy atom. The van der Waals surface area contributed by atoms with Gasteiger partial charge >= 0.3 is 5.97 Å². The van der Waals surface area contributed by atoms with Crippen LogP contribution in [0.15, 0.2) is 66.7 Å². The molecule has 0 aliphatic heterocycles. The van der Waals surface area contributed by atoms with Gasteiger partial charge in [0, 0.05) is 11.4 Å². The van der Waals surface area contributed by atoms with Gasteiger partial charge in [-0.25, -0.2) is 0 Å². The van der Waals surface area contributed by atoms with Gasteiger partial charge in [0.05, 0.1) is 0 Å². The zero-order chi connectivity index (χ0) is 19.2. The molecule has 0 saturated carbocycles. The van der Waals surface area contributed by atoms with Crippen LogP contribution in [0.25, 0.3) is 11.1 Å². The number of ether oxygens (including phenoxy) is 1. The number of hydrogen-bond acceptors (Lipinski definition) is 2. The number of benzene rings is 3. The Labute approximate surface area is 164 Å². The molecule has 0 spiro atoms. The fourth-order valence-corrected chi connectivity index (χ4v) is 3.18. The quantitative estimate of drug-likeness (QED) is 0.554. The van der Waals surface area contributed by atoms with Crippen molar-refractivity contribution < 1.29 is 14.6 Å². The Morgan fingerprint density at radius 2 is 1.78 bits per heavy atom. The van der Waals surface area contributed by atoms with E-state index in [1.54, 1.807) is 0 Å². The van der Waals surface area contributed by atoms with Crippen LogP contribution in [0, 0.1) is 6.92 Å². The second-order valence-electron chi connectivity index (χ2n) is 6.49. The number of rotatable bonds is 7. The van der Waals surface area contributed by atoms with E-state index in [0.29, 0.717) is 13.0 Å². The highest BCUT2D eigenvalue weighted by Gasteiger charge is 2.05. The van der Waals surface area contributed by atoms with Crippen LogP contribution in [0.5, 0.6) is 5.75 Å². The highest BCUT2D eigenvalue weighted by Crippen LogP contribution is 2.27. The minimum atomic E-state index is -0.786. The van der Waals surface area contributed by atoms with Gasteiger partial charge in [-0.05, 0) is 71.5 Å². The molecule has 0 bridgehead atoms. The van der Waals surface area contributed by atoms with Crippen molar-refractivity contribution in [3.05, 3.63) is 88.4 Å². The molecule has 3 aromatic carbocycles. The highest BCUT2D eigenvalue weighted by molar-refractivity contribution is 6.30. The van der Waals surface area contributed by atoms with Gasteiger partial charge in [0.15, 0.2) is 0 Å². The number of halogens is 1. The summed E-state index contributed by atoms with van der Waals surface area (Å²) in [7, 11) is 0. The maximum Gasteiger partial charge on any atom is 0.303 e. The van der Waals surface area contributed by atoms with E-state index in [2.05, 4.69) is 19.1 Å². The summed E-state index contributed by atoms with van der Waals surface area (Å²) in [5, 5.41) is 9.48. The standard InChI is InChI=1S/C23H21ClO3/c1-16-13-20(24)8-11-22(16)19-4-2-3-18(14-19)15-27-21-9-5-17(6-10-21)7-12-23(25)26/h2-6,8-11,13-14H,7,12,15H2,1H3,(H,25,26). The maximum absolute atomic E-state index is 10.6. The van der Waals surface area contributed by atoms with Crippen molar-refractivity contribution in [1.82, 2.24) is 0 Å². The number of aryl methyl sites for hydroxylation is 2. The Balaban J connectivity index is 1.65. The molecule has 27 heavy (non-hydrogen) atoms. The summed E-state index contributed by atoms with van der Waals surface area (Å²) in [6, 6.07) is 21.7. The summed E-state index contributed by atoms with van der Waals surface area (Å²) in [5.41, 5.74) is 5.50. The third kappa shape index (κ3) is 5.35. The van der Waals surface area contributed by atoms with Crippen LogP contribution in [0.2, 0.25) is 5.02 Å². The SMILES string of the molecule is Cc1cc(Cl)ccc1-c1cccc(COc2ccc(CCC(=O)O)cc2)c1. The molecule has 3 aromatic rings. The van der Waals surface area contributed by atoms with Gasteiger partial charge in [0.1, 0.15) is 12.4 Å². The highest BCUT2D eigenvalue weighted by atomic mass is 35.5. The van der Waals surface area contributed by atoms with Gasteiger partial charge in [-0.1, -0.05) is 48.0 Å². The van der Waals surface area contributed by atoms with E-state index >= 15 is 0 Å². The molecule has 0 saturated heterocycles. The summed E-state index contributed by atoms with van der Waals surface area (Å²) in [6.07, 6.45) is 0.662. The zero-order valence-corrected chi connectivity index (χ0v) is 15.9. The van der Waals surface area contributed by atoms with E-state index in [0.717, 1.165) is 38.6 Å². The van der Waals surface area contributed by atoms with Crippen LogP contribution >= 0.6 is 11.6 Å². The summed E-state index contributed by atoms with van der Waals surface area (Å²) < 4.78 is 5.88. The van der Waals surface area contributed by atoms with E-state index in [1.165, 1.54) is 0 Å².